The van der Waals surface area contributed by atoms with E-state index in [-0.39, 0.29) is 54.6 Å². The molecule has 2 saturated heterocycles. The molecule has 404 valence electrons. The number of carbonyl (C=O) groups excluding carboxylic acids is 3. The molecule has 10 rings (SSSR count). The largest absolute Gasteiger partial charge is 0.486 e. The van der Waals surface area contributed by atoms with Crippen molar-refractivity contribution in [2.24, 2.45) is 5.73 Å². The Morgan fingerprint density at radius 3 is 1.46 bits per heavy atom. The van der Waals surface area contributed by atoms with Crippen molar-refractivity contribution in [3.63, 3.8) is 0 Å². The number of aliphatic hydroxyl groups is 2. The van der Waals surface area contributed by atoms with Gasteiger partial charge in [0, 0.05) is 40.0 Å². The first-order valence-electron chi connectivity index (χ1n) is 24.2. The van der Waals surface area contributed by atoms with E-state index in [0.29, 0.717) is 46.3 Å². The van der Waals surface area contributed by atoms with Gasteiger partial charge in [-0.1, -0.05) is 79.2 Å². The molecular formula is C55H58Cl2F2N4O11S2. The van der Waals surface area contributed by atoms with E-state index in [0.717, 1.165) is 59.9 Å². The van der Waals surface area contributed by atoms with E-state index in [1.54, 1.807) is 54.6 Å². The lowest BCUT2D eigenvalue weighted by atomic mass is 9.99. The number of ether oxygens (including phenoxy) is 4. The van der Waals surface area contributed by atoms with Crippen LogP contribution >= 0.6 is 45.9 Å². The number of likely N-dealkylation sites (tertiary alicyclic amines) is 2. The zero-order chi connectivity index (χ0) is 53.2. The highest BCUT2D eigenvalue weighted by Crippen LogP contribution is 2.38. The summed E-state index contributed by atoms with van der Waals surface area (Å²) in [5.41, 5.74) is 8.92. The summed E-state index contributed by atoms with van der Waals surface area (Å²) in [4.78, 5) is 53.9. The van der Waals surface area contributed by atoms with Gasteiger partial charge in [-0.05, 0) is 123 Å². The smallest absolute Gasteiger partial charge is 0.377 e. The van der Waals surface area contributed by atoms with Crippen LogP contribution in [0.2, 0.25) is 8.67 Å². The summed E-state index contributed by atoms with van der Waals surface area (Å²) in [6, 6.07) is 24.8. The molecule has 4 aliphatic heterocycles. The summed E-state index contributed by atoms with van der Waals surface area (Å²) in [5, 5.41) is 32.8. The topological polar surface area (TPSA) is 210 Å². The number of rotatable bonds is 15. The second kappa shape index (κ2) is 26.9. The number of hydrogen-bond donors (Lipinski definition) is 5. The Balaban J connectivity index is 0.000000182. The Hall–Kier alpha value is -6.00. The van der Waals surface area contributed by atoms with E-state index in [1.807, 2.05) is 12.1 Å². The normalized spacial score (nSPS) is 16.4. The molecule has 4 aromatic carbocycles. The van der Waals surface area contributed by atoms with Crippen molar-refractivity contribution in [2.45, 2.75) is 57.4 Å². The van der Waals surface area contributed by atoms with Crippen LogP contribution in [0.15, 0.2) is 97.1 Å². The maximum absolute atomic E-state index is 14.7. The summed E-state index contributed by atoms with van der Waals surface area (Å²) in [6.07, 6.45) is 2.17. The highest BCUT2D eigenvalue weighted by atomic mass is 35.5. The van der Waals surface area contributed by atoms with Gasteiger partial charge in [0.05, 0.1) is 20.8 Å². The van der Waals surface area contributed by atoms with Crippen molar-refractivity contribution in [2.75, 3.05) is 65.7 Å². The molecule has 4 aliphatic rings. The van der Waals surface area contributed by atoms with E-state index < -0.39 is 59.4 Å². The maximum Gasteiger partial charge on any atom is 0.377 e. The van der Waals surface area contributed by atoms with Crippen molar-refractivity contribution in [3.05, 3.63) is 140 Å². The van der Waals surface area contributed by atoms with Gasteiger partial charge in [-0.3, -0.25) is 14.4 Å². The summed E-state index contributed by atoms with van der Waals surface area (Å²) in [6.45, 7) is 5.80. The molecule has 2 aromatic heterocycles. The van der Waals surface area contributed by atoms with Crippen molar-refractivity contribution in [1.82, 2.24) is 15.1 Å². The van der Waals surface area contributed by atoms with Crippen LogP contribution in [0.3, 0.4) is 0 Å². The first-order chi connectivity index (χ1) is 36.1. The van der Waals surface area contributed by atoms with Crippen molar-refractivity contribution in [1.29, 1.82) is 0 Å². The number of amides is 1. The SMILES string of the molecule is C.N[C@H](CN1CCCC1)[C@H](O)c1cc(F)c2c(c1)OCCO2.O=C(N[C@H](CN1CCCC1)[C@H](O)c1cc(F)c2c(c1)OCCO2)C(=O)c1ccc(-c2ccc(Cl)s2)cc1.O=C(O)C(=O)c1ccc(-c2ccc(Cl)s2)cc1. The summed E-state index contributed by atoms with van der Waals surface area (Å²) in [5.74, 6) is -4.42. The standard InChI is InChI=1S/C27H26ClFN2O5S.C15H21FN2O3.C12H7ClO3S.CH4/c28-23-8-7-22(37-23)16-3-5-17(6-4-16)25(33)27(34)30-20(15-31-9-1-2-10-31)24(32)18-13-19(29)26-21(14-18)35-11-12-36-26;16-11-7-10(8-13-15(11)21-6-5-20-13)14(19)12(17)9-18-3-1-2-4-18;13-10-6-5-9(17-10)7-1-3-8(4-2-7)11(14)12(15)16;/h3-8,13-14,20,24,32H,1-2,9-12,15H2,(H,30,34);7-8,12,14,19H,1-6,9,17H2;1-6H,(H,15,16);1H4/t20-,24-;12-,14-;;/m11../s1. The van der Waals surface area contributed by atoms with Crippen LogP contribution < -0.4 is 30.0 Å². The molecule has 0 aliphatic carbocycles. The van der Waals surface area contributed by atoms with Gasteiger partial charge in [-0.25, -0.2) is 13.6 Å². The molecular weight excluding hydrogens is 1070 g/mol. The molecule has 6 aromatic rings. The van der Waals surface area contributed by atoms with Gasteiger partial charge in [-0.2, -0.15) is 0 Å². The minimum Gasteiger partial charge on any atom is -0.486 e. The third-order valence-electron chi connectivity index (χ3n) is 12.8. The van der Waals surface area contributed by atoms with Crippen LogP contribution in [-0.2, 0) is 9.59 Å². The number of benzene rings is 4. The monoisotopic (exact) mass is 1120 g/mol. The number of carboxylic acid groups (broad SMARTS) is 1. The number of thiophene rings is 2. The fraction of sp³-hybridized carbons (Fsp3) is 0.345. The van der Waals surface area contributed by atoms with E-state index in [2.05, 4.69) is 15.1 Å². The first kappa shape index (κ1) is 57.7. The number of nitrogens with zero attached hydrogens (tertiary/aromatic N) is 2. The van der Waals surface area contributed by atoms with E-state index >= 15 is 0 Å². The summed E-state index contributed by atoms with van der Waals surface area (Å²) < 4.78 is 51.4. The molecule has 6 N–H and O–H groups in total. The van der Waals surface area contributed by atoms with Crippen molar-refractivity contribution >= 4 is 69.3 Å². The van der Waals surface area contributed by atoms with Crippen LogP contribution in [0.1, 0.15) is 77.2 Å². The Morgan fingerprint density at radius 1 is 0.605 bits per heavy atom. The Labute approximate surface area is 456 Å². The molecule has 21 heteroatoms. The number of fused-ring (bicyclic) bond motifs is 2. The molecule has 1 amide bonds. The van der Waals surface area contributed by atoms with E-state index in [1.165, 1.54) is 65.8 Å². The number of carbonyl (C=O) groups is 4. The lowest BCUT2D eigenvalue weighted by molar-refractivity contribution is -0.131. The number of nitrogens with one attached hydrogen (secondary N) is 1. The van der Waals surface area contributed by atoms with Gasteiger partial charge >= 0.3 is 5.97 Å². The molecule has 4 atom stereocenters. The number of ketones is 2. The van der Waals surface area contributed by atoms with Gasteiger partial charge in [-0.15, -0.1) is 22.7 Å². The van der Waals surface area contributed by atoms with Gasteiger partial charge in [0.1, 0.15) is 32.5 Å². The number of nitrogens with two attached hydrogens (primary N) is 1. The molecule has 15 nitrogen and oxygen atoms in total. The van der Waals surface area contributed by atoms with E-state index in [9.17, 15) is 38.2 Å². The minimum absolute atomic E-state index is 0. The van der Waals surface area contributed by atoms with Gasteiger partial charge < -0.3 is 55.1 Å². The number of Topliss-reactive ketones (excluding diaryl/α,β-unsaturated/α-hetero) is 2. The zero-order valence-corrected chi connectivity index (χ0v) is 43.5. The molecule has 0 bridgehead atoms. The van der Waals surface area contributed by atoms with Gasteiger partial charge in [0.25, 0.3) is 11.7 Å². The third-order valence-corrected chi connectivity index (χ3v) is 15.3. The van der Waals surface area contributed by atoms with Crippen molar-refractivity contribution < 1.29 is 62.2 Å². The second-order valence-corrected chi connectivity index (χ2v) is 21.5. The van der Waals surface area contributed by atoms with E-state index in [4.69, 9.17) is 53.0 Å². The molecule has 0 saturated carbocycles. The second-order valence-electron chi connectivity index (χ2n) is 18.0. The minimum atomic E-state index is -1.45. The molecule has 76 heavy (non-hydrogen) atoms. The summed E-state index contributed by atoms with van der Waals surface area (Å²) >= 11 is 14.7. The number of aliphatic carboxylic acids is 1. The molecule has 6 heterocycles. The molecule has 0 unspecified atom stereocenters. The summed E-state index contributed by atoms with van der Waals surface area (Å²) in [7, 11) is 0. The van der Waals surface area contributed by atoms with Gasteiger partial charge in [0.15, 0.2) is 34.6 Å². The lowest BCUT2D eigenvalue weighted by Gasteiger charge is -2.29. The number of halogens is 4. The van der Waals surface area contributed by atoms with Crippen LogP contribution in [-0.4, -0.2) is 126 Å². The lowest BCUT2D eigenvalue weighted by Crippen LogP contribution is -2.48. The first-order valence-corrected chi connectivity index (χ1v) is 26.6. The van der Waals surface area contributed by atoms with Crippen LogP contribution in [0.25, 0.3) is 20.9 Å². The Morgan fingerprint density at radius 2 is 1.03 bits per heavy atom. The predicted molar refractivity (Wildman–Crippen MR) is 289 cm³/mol. The number of aliphatic hydroxyl groups excluding tert-OH is 2. The number of carboxylic acids is 1. The van der Waals surface area contributed by atoms with Crippen LogP contribution in [0.4, 0.5) is 8.78 Å². The van der Waals surface area contributed by atoms with Gasteiger partial charge in [0.2, 0.25) is 5.78 Å². The highest BCUT2D eigenvalue weighted by Gasteiger charge is 2.32. The molecule has 0 spiro atoms. The fourth-order valence-electron chi connectivity index (χ4n) is 8.91. The average Bonchev–Trinajstić information content (AvgIpc) is 4.29. The Kier molecular flexibility index (Phi) is 20.4. The molecule has 2 fully saturated rings. The quantitative estimate of drug-likeness (QED) is 0.0479. The van der Waals surface area contributed by atoms with Crippen LogP contribution in [0, 0.1) is 11.6 Å². The average molecular weight is 1120 g/mol. The molecule has 0 radical (unpaired) electrons. The maximum atomic E-state index is 14.7. The highest BCUT2D eigenvalue weighted by molar-refractivity contribution is 7.19. The number of hydrogen-bond acceptors (Lipinski definition) is 15. The predicted octanol–water partition coefficient (Wildman–Crippen LogP) is 9.50. The van der Waals surface area contributed by atoms with Crippen LogP contribution in [0.5, 0.6) is 23.0 Å². The Bertz CT molecular complexity index is 2970. The van der Waals surface area contributed by atoms with Crippen molar-refractivity contribution in [3.8, 4) is 43.9 Å². The third kappa shape index (κ3) is 14.7. The zero-order valence-electron chi connectivity index (χ0n) is 40.4. The fourth-order valence-corrected chi connectivity index (χ4v) is 11.0.